The van der Waals surface area contributed by atoms with Crippen molar-refractivity contribution in [2.45, 2.75) is 25.3 Å². The molecule has 0 aliphatic rings. The zero-order chi connectivity index (χ0) is 11.6. The van der Waals surface area contributed by atoms with Crippen LogP contribution in [0.4, 0.5) is 0 Å². The summed E-state index contributed by atoms with van der Waals surface area (Å²) in [7, 11) is 0. The summed E-state index contributed by atoms with van der Waals surface area (Å²) in [6.45, 7) is 3.25. The van der Waals surface area contributed by atoms with E-state index in [1.807, 2.05) is 6.07 Å². The van der Waals surface area contributed by atoms with Gasteiger partial charge < -0.3 is 10.8 Å². The summed E-state index contributed by atoms with van der Waals surface area (Å²) in [6.07, 6.45) is 0. The Morgan fingerprint density at radius 3 is 2.53 bits per heavy atom. The fourth-order valence-corrected chi connectivity index (χ4v) is 1.63. The van der Waals surface area contributed by atoms with Gasteiger partial charge >= 0.3 is 5.97 Å². The lowest BCUT2D eigenvalue weighted by molar-refractivity contribution is -0.143. The molecular weight excluding hydrogens is 214 g/mol. The average molecular weight is 228 g/mol. The van der Waals surface area contributed by atoms with Crippen molar-refractivity contribution in [1.29, 1.82) is 0 Å². The van der Waals surface area contributed by atoms with Crippen LogP contribution in [0.5, 0.6) is 0 Å². The Morgan fingerprint density at radius 2 is 2.07 bits per heavy atom. The van der Waals surface area contributed by atoms with Crippen molar-refractivity contribution < 1.29 is 9.90 Å². The van der Waals surface area contributed by atoms with Crippen LogP contribution in [0.15, 0.2) is 24.3 Å². The molecule has 0 aliphatic heterocycles. The Labute approximate surface area is 93.9 Å². The van der Waals surface area contributed by atoms with Crippen LogP contribution >= 0.6 is 11.6 Å². The number of carbonyl (C=O) groups is 1. The zero-order valence-electron chi connectivity index (χ0n) is 8.70. The van der Waals surface area contributed by atoms with Gasteiger partial charge in [-0.2, -0.15) is 0 Å². The highest BCUT2D eigenvalue weighted by atomic mass is 35.5. The van der Waals surface area contributed by atoms with Crippen molar-refractivity contribution in [2.75, 3.05) is 0 Å². The lowest BCUT2D eigenvalue weighted by Crippen LogP contribution is -2.49. The van der Waals surface area contributed by atoms with Gasteiger partial charge in [0.05, 0.1) is 0 Å². The molecule has 1 aromatic rings. The maximum Gasteiger partial charge on any atom is 0.324 e. The summed E-state index contributed by atoms with van der Waals surface area (Å²) in [5, 5.41) is 9.54. The smallest absolute Gasteiger partial charge is 0.324 e. The van der Waals surface area contributed by atoms with E-state index in [1.54, 1.807) is 25.1 Å². The maximum absolute atomic E-state index is 11.0. The predicted molar refractivity (Wildman–Crippen MR) is 60.1 cm³/mol. The van der Waals surface area contributed by atoms with Crippen LogP contribution in [0.3, 0.4) is 0 Å². The second kappa shape index (κ2) is 4.21. The number of hydrogen-bond acceptors (Lipinski definition) is 2. The molecule has 0 aliphatic carbocycles. The molecule has 0 amide bonds. The highest BCUT2D eigenvalue weighted by Gasteiger charge is 2.36. The van der Waals surface area contributed by atoms with E-state index in [0.717, 1.165) is 5.56 Å². The van der Waals surface area contributed by atoms with E-state index in [0.29, 0.717) is 5.02 Å². The third kappa shape index (κ3) is 2.30. The number of halogens is 1. The molecule has 0 saturated heterocycles. The number of carboxylic acid groups (broad SMARTS) is 1. The van der Waals surface area contributed by atoms with E-state index in [2.05, 4.69) is 0 Å². The quantitative estimate of drug-likeness (QED) is 0.833. The first-order valence-corrected chi connectivity index (χ1v) is 5.02. The molecule has 4 heteroatoms. The van der Waals surface area contributed by atoms with E-state index in [1.165, 1.54) is 6.92 Å². The third-order valence-corrected chi connectivity index (χ3v) is 3.08. The highest BCUT2D eigenvalue weighted by Crippen LogP contribution is 2.31. The van der Waals surface area contributed by atoms with Gasteiger partial charge in [-0.15, -0.1) is 0 Å². The lowest BCUT2D eigenvalue weighted by Gasteiger charge is -2.27. The van der Waals surface area contributed by atoms with E-state index in [4.69, 9.17) is 22.4 Å². The highest BCUT2D eigenvalue weighted by molar-refractivity contribution is 6.31. The molecule has 15 heavy (non-hydrogen) atoms. The van der Waals surface area contributed by atoms with Crippen LogP contribution in [-0.4, -0.2) is 16.6 Å². The van der Waals surface area contributed by atoms with E-state index >= 15 is 0 Å². The molecule has 82 valence electrons. The molecule has 2 unspecified atom stereocenters. The van der Waals surface area contributed by atoms with E-state index < -0.39 is 11.5 Å². The number of nitrogens with two attached hydrogens (primary N) is 1. The minimum atomic E-state index is -1.31. The van der Waals surface area contributed by atoms with Gasteiger partial charge in [0.15, 0.2) is 0 Å². The van der Waals surface area contributed by atoms with Crippen LogP contribution in [0.25, 0.3) is 0 Å². The van der Waals surface area contributed by atoms with Gasteiger partial charge in [-0.25, -0.2) is 0 Å². The largest absolute Gasteiger partial charge is 0.480 e. The molecule has 0 fully saturated rings. The molecule has 1 aromatic carbocycles. The summed E-state index contributed by atoms with van der Waals surface area (Å²) in [4.78, 5) is 11.0. The molecule has 0 spiro atoms. The molecule has 0 aromatic heterocycles. The summed E-state index contributed by atoms with van der Waals surface area (Å²) < 4.78 is 0. The first kappa shape index (κ1) is 12.0. The topological polar surface area (TPSA) is 63.3 Å². The summed E-state index contributed by atoms with van der Waals surface area (Å²) in [5.41, 5.74) is 5.19. The normalized spacial score (nSPS) is 16.8. The fourth-order valence-electron chi connectivity index (χ4n) is 1.33. The van der Waals surface area contributed by atoms with E-state index in [-0.39, 0.29) is 5.92 Å². The van der Waals surface area contributed by atoms with Gasteiger partial charge in [0.2, 0.25) is 0 Å². The molecular formula is C11H14ClNO2. The average Bonchev–Trinajstić information content (AvgIpc) is 2.17. The minimum absolute atomic E-state index is 0.344. The standard InChI is InChI=1S/C11H14ClNO2/c1-7(11(2,13)10(14)15)8-5-3-4-6-9(8)12/h3-7H,13H2,1-2H3,(H,14,15). The van der Waals surface area contributed by atoms with Crippen molar-refractivity contribution in [3.05, 3.63) is 34.9 Å². The van der Waals surface area contributed by atoms with Crippen molar-refractivity contribution in [1.82, 2.24) is 0 Å². The Balaban J connectivity index is 3.10. The van der Waals surface area contributed by atoms with Gasteiger partial charge in [-0.3, -0.25) is 4.79 Å². The van der Waals surface area contributed by atoms with Crippen LogP contribution in [0, 0.1) is 0 Å². The van der Waals surface area contributed by atoms with Gasteiger partial charge in [-0.1, -0.05) is 36.7 Å². The minimum Gasteiger partial charge on any atom is -0.480 e. The summed E-state index contributed by atoms with van der Waals surface area (Å²) in [6, 6.07) is 7.13. The molecule has 0 heterocycles. The van der Waals surface area contributed by atoms with Gasteiger partial charge in [-0.05, 0) is 18.6 Å². The van der Waals surface area contributed by atoms with Crippen molar-refractivity contribution in [2.24, 2.45) is 5.73 Å². The third-order valence-electron chi connectivity index (χ3n) is 2.73. The maximum atomic E-state index is 11.0. The van der Waals surface area contributed by atoms with Gasteiger partial charge in [0.1, 0.15) is 5.54 Å². The number of hydrogen-bond donors (Lipinski definition) is 2. The van der Waals surface area contributed by atoms with Crippen molar-refractivity contribution in [3.8, 4) is 0 Å². The Hall–Kier alpha value is -1.06. The van der Waals surface area contributed by atoms with Gasteiger partial charge in [0, 0.05) is 10.9 Å². The molecule has 0 saturated carbocycles. The Kier molecular flexibility index (Phi) is 3.37. The van der Waals surface area contributed by atoms with Crippen LogP contribution in [0.2, 0.25) is 5.02 Å². The first-order chi connectivity index (χ1) is 6.87. The SMILES string of the molecule is CC(c1ccccc1Cl)C(C)(N)C(=O)O. The van der Waals surface area contributed by atoms with Crippen LogP contribution in [-0.2, 0) is 4.79 Å². The number of carboxylic acids is 1. The monoisotopic (exact) mass is 227 g/mol. The van der Waals surface area contributed by atoms with E-state index in [9.17, 15) is 4.79 Å². The molecule has 1 rings (SSSR count). The zero-order valence-corrected chi connectivity index (χ0v) is 9.45. The van der Waals surface area contributed by atoms with Gasteiger partial charge in [0.25, 0.3) is 0 Å². The molecule has 0 radical (unpaired) electrons. The fraction of sp³-hybridized carbons (Fsp3) is 0.364. The predicted octanol–water partition coefficient (Wildman–Crippen LogP) is 2.25. The van der Waals surface area contributed by atoms with Crippen molar-refractivity contribution in [3.63, 3.8) is 0 Å². The van der Waals surface area contributed by atoms with Crippen LogP contribution < -0.4 is 5.73 Å². The number of rotatable bonds is 3. The summed E-state index contributed by atoms with van der Waals surface area (Å²) >= 11 is 5.98. The Bertz CT molecular complexity index is 377. The second-order valence-electron chi connectivity index (χ2n) is 3.83. The molecule has 3 nitrogen and oxygen atoms in total. The molecule has 2 atom stereocenters. The lowest BCUT2D eigenvalue weighted by atomic mass is 9.83. The number of benzene rings is 1. The van der Waals surface area contributed by atoms with Crippen LogP contribution in [0.1, 0.15) is 25.3 Å². The first-order valence-electron chi connectivity index (χ1n) is 4.64. The second-order valence-corrected chi connectivity index (χ2v) is 4.24. The van der Waals surface area contributed by atoms with Crippen molar-refractivity contribution >= 4 is 17.6 Å². The molecule has 0 bridgehead atoms. The Morgan fingerprint density at radius 1 is 1.53 bits per heavy atom. The molecule has 3 N–H and O–H groups in total. The number of aliphatic carboxylic acids is 1. The summed E-state index contributed by atoms with van der Waals surface area (Å²) in [5.74, 6) is -1.38.